The van der Waals surface area contributed by atoms with Crippen molar-refractivity contribution in [3.8, 4) is 5.75 Å². The molecule has 3 aliphatic heterocycles. The first-order valence-electron chi connectivity index (χ1n) is 13.1. The molecule has 1 aromatic rings. The predicted octanol–water partition coefficient (Wildman–Crippen LogP) is 2.79. The Morgan fingerprint density at radius 3 is 2.51 bits per heavy atom. The van der Waals surface area contributed by atoms with Gasteiger partial charge in [-0.15, -0.1) is 0 Å². The Bertz CT molecular complexity index is 1050. The van der Waals surface area contributed by atoms with Crippen molar-refractivity contribution >= 4 is 23.4 Å². The van der Waals surface area contributed by atoms with Gasteiger partial charge in [0.05, 0.1) is 24.5 Å². The lowest BCUT2D eigenvalue weighted by molar-refractivity contribution is -0.142. The van der Waals surface area contributed by atoms with E-state index in [0.29, 0.717) is 12.3 Å². The van der Waals surface area contributed by atoms with Crippen LogP contribution in [0.3, 0.4) is 0 Å². The third-order valence-electron chi connectivity index (χ3n) is 8.19. The van der Waals surface area contributed by atoms with Gasteiger partial charge in [0, 0.05) is 17.8 Å². The third-order valence-corrected chi connectivity index (χ3v) is 8.19. The van der Waals surface area contributed by atoms with E-state index in [1.54, 1.807) is 29.2 Å². The van der Waals surface area contributed by atoms with E-state index in [1.807, 2.05) is 19.1 Å². The molecule has 8 heteroatoms. The molecule has 4 fully saturated rings. The van der Waals surface area contributed by atoms with Crippen molar-refractivity contribution in [3.05, 3.63) is 36.4 Å². The van der Waals surface area contributed by atoms with Gasteiger partial charge in [0.15, 0.2) is 0 Å². The molecule has 2 N–H and O–H groups in total. The number of carbonyl (C=O) groups is 3. The zero-order chi connectivity index (χ0) is 24.2. The lowest BCUT2D eigenvalue weighted by atomic mass is 9.74. The molecule has 5 aliphatic rings. The molecule has 1 aromatic carbocycles. The van der Waals surface area contributed by atoms with Crippen LogP contribution in [0.25, 0.3) is 0 Å². The average molecular weight is 480 g/mol. The summed E-state index contributed by atoms with van der Waals surface area (Å²) >= 11 is 0. The number of fused-ring (bicyclic) bond motifs is 1. The highest BCUT2D eigenvalue weighted by Crippen LogP contribution is 2.57. The number of nitrogens with zero attached hydrogens (tertiary/aromatic N) is 1. The van der Waals surface area contributed by atoms with Gasteiger partial charge in [0.25, 0.3) is 0 Å². The molecule has 2 saturated carbocycles. The molecule has 6 rings (SSSR count). The molecular formula is C27H33N3O5. The maximum absolute atomic E-state index is 13.8. The minimum atomic E-state index is -1.08. The number of anilines is 1. The second-order valence-electron chi connectivity index (χ2n) is 10.5. The summed E-state index contributed by atoms with van der Waals surface area (Å²) in [5, 5.41) is 6.18. The van der Waals surface area contributed by atoms with Crippen LogP contribution in [0, 0.1) is 11.8 Å². The highest BCUT2D eigenvalue weighted by atomic mass is 16.5. The van der Waals surface area contributed by atoms with E-state index in [1.165, 1.54) is 6.42 Å². The van der Waals surface area contributed by atoms with E-state index < -0.39 is 29.6 Å². The fourth-order valence-corrected chi connectivity index (χ4v) is 6.51. The lowest BCUT2D eigenvalue weighted by Crippen LogP contribution is -2.57. The smallest absolute Gasteiger partial charge is 0.246 e. The fraction of sp³-hybridized carbons (Fsp3) is 0.593. The summed E-state index contributed by atoms with van der Waals surface area (Å²) in [4.78, 5) is 42.6. The summed E-state index contributed by atoms with van der Waals surface area (Å²) in [5.41, 5.74) is -0.445. The second kappa shape index (κ2) is 8.66. The quantitative estimate of drug-likeness (QED) is 0.587. The second-order valence-corrected chi connectivity index (χ2v) is 10.5. The van der Waals surface area contributed by atoms with E-state index in [9.17, 15) is 14.4 Å². The predicted molar refractivity (Wildman–Crippen MR) is 129 cm³/mol. The van der Waals surface area contributed by atoms with Crippen LogP contribution in [0.1, 0.15) is 51.9 Å². The molecule has 186 valence electrons. The number of benzene rings is 1. The maximum Gasteiger partial charge on any atom is 0.246 e. The van der Waals surface area contributed by atoms with Gasteiger partial charge >= 0.3 is 0 Å². The Morgan fingerprint density at radius 2 is 1.83 bits per heavy atom. The molecule has 1 spiro atoms. The van der Waals surface area contributed by atoms with Crippen molar-refractivity contribution < 1.29 is 23.9 Å². The molecular weight excluding hydrogens is 446 g/mol. The van der Waals surface area contributed by atoms with Crippen LogP contribution in [-0.2, 0) is 19.1 Å². The molecule has 8 nitrogen and oxygen atoms in total. The normalized spacial score (nSPS) is 33.6. The van der Waals surface area contributed by atoms with Crippen molar-refractivity contribution in [2.75, 3.05) is 11.9 Å². The zero-order valence-electron chi connectivity index (χ0n) is 20.1. The SMILES string of the molecule is CCOc1ccc(NC(=O)C2C3C=CC4(O3)C2C(=O)N(C2CC2)C4C(=O)NC2CCCCC2)cc1. The van der Waals surface area contributed by atoms with Gasteiger partial charge < -0.3 is 25.0 Å². The number of amides is 3. The minimum Gasteiger partial charge on any atom is -0.494 e. The van der Waals surface area contributed by atoms with Gasteiger partial charge in [-0.1, -0.05) is 31.4 Å². The molecule has 35 heavy (non-hydrogen) atoms. The van der Waals surface area contributed by atoms with Crippen molar-refractivity contribution in [2.45, 2.75) is 81.7 Å². The summed E-state index contributed by atoms with van der Waals surface area (Å²) in [6, 6.07) is 6.66. The Morgan fingerprint density at radius 1 is 1.09 bits per heavy atom. The summed E-state index contributed by atoms with van der Waals surface area (Å²) in [6.07, 6.45) is 10.4. The minimum absolute atomic E-state index is 0.0513. The first-order chi connectivity index (χ1) is 17.0. The lowest BCUT2D eigenvalue weighted by Gasteiger charge is -2.34. The van der Waals surface area contributed by atoms with E-state index >= 15 is 0 Å². The standard InChI is InChI=1S/C27H33N3O5/c1-2-34-19-12-8-17(9-13-19)28-24(31)21-20-14-15-27(35-20)22(21)26(33)30(18-10-11-18)23(27)25(32)29-16-6-4-3-5-7-16/h8-9,12-16,18,20-23H,2-7,10-11H2,1H3,(H,28,31)(H,29,32). The van der Waals surface area contributed by atoms with Gasteiger partial charge in [-0.3, -0.25) is 14.4 Å². The van der Waals surface area contributed by atoms with Gasteiger partial charge in [0.1, 0.15) is 17.4 Å². The molecule has 0 aromatic heterocycles. The van der Waals surface area contributed by atoms with Crippen LogP contribution in [0.4, 0.5) is 5.69 Å². The monoisotopic (exact) mass is 479 g/mol. The largest absolute Gasteiger partial charge is 0.494 e. The molecule has 5 unspecified atom stereocenters. The van der Waals surface area contributed by atoms with Crippen LogP contribution >= 0.6 is 0 Å². The Hall–Kier alpha value is -2.87. The highest BCUT2D eigenvalue weighted by molar-refractivity contribution is 6.03. The average Bonchev–Trinajstić information content (AvgIpc) is 3.45. The molecule has 5 atom stereocenters. The summed E-state index contributed by atoms with van der Waals surface area (Å²) in [7, 11) is 0. The fourth-order valence-electron chi connectivity index (χ4n) is 6.51. The summed E-state index contributed by atoms with van der Waals surface area (Å²) in [6.45, 7) is 2.48. The van der Waals surface area contributed by atoms with Crippen molar-refractivity contribution in [2.24, 2.45) is 11.8 Å². The van der Waals surface area contributed by atoms with Crippen molar-refractivity contribution in [1.29, 1.82) is 0 Å². The van der Waals surface area contributed by atoms with Gasteiger partial charge in [0.2, 0.25) is 17.7 Å². The van der Waals surface area contributed by atoms with E-state index in [2.05, 4.69) is 10.6 Å². The number of ether oxygens (including phenoxy) is 2. The molecule has 2 aliphatic carbocycles. The van der Waals surface area contributed by atoms with Gasteiger partial charge in [-0.2, -0.15) is 0 Å². The Balaban J connectivity index is 1.25. The summed E-state index contributed by atoms with van der Waals surface area (Å²) in [5.74, 6) is -1.16. The van der Waals surface area contributed by atoms with E-state index in [-0.39, 0.29) is 29.8 Å². The van der Waals surface area contributed by atoms with Gasteiger partial charge in [-0.05, 0) is 56.9 Å². The molecule has 0 radical (unpaired) electrons. The molecule has 2 saturated heterocycles. The first kappa shape index (κ1) is 22.6. The van der Waals surface area contributed by atoms with Crippen LogP contribution < -0.4 is 15.4 Å². The molecule has 2 bridgehead atoms. The number of nitrogens with one attached hydrogen (secondary N) is 2. The number of carbonyl (C=O) groups excluding carboxylic acids is 3. The zero-order valence-corrected chi connectivity index (χ0v) is 20.1. The van der Waals surface area contributed by atoms with Crippen LogP contribution in [0.5, 0.6) is 5.75 Å². The molecule has 3 heterocycles. The van der Waals surface area contributed by atoms with Crippen molar-refractivity contribution in [3.63, 3.8) is 0 Å². The Labute approximate surface area is 205 Å². The van der Waals surface area contributed by atoms with Crippen LogP contribution in [0.15, 0.2) is 36.4 Å². The van der Waals surface area contributed by atoms with Crippen molar-refractivity contribution in [1.82, 2.24) is 10.2 Å². The topological polar surface area (TPSA) is 97.0 Å². The van der Waals surface area contributed by atoms with Crippen LogP contribution in [-0.4, -0.2) is 59.1 Å². The number of hydrogen-bond acceptors (Lipinski definition) is 5. The first-order valence-corrected chi connectivity index (χ1v) is 13.1. The van der Waals surface area contributed by atoms with Gasteiger partial charge in [-0.25, -0.2) is 0 Å². The van der Waals surface area contributed by atoms with Crippen LogP contribution in [0.2, 0.25) is 0 Å². The summed E-state index contributed by atoms with van der Waals surface area (Å²) < 4.78 is 11.9. The Kier molecular flexibility index (Phi) is 5.59. The number of likely N-dealkylation sites (tertiary alicyclic amines) is 1. The maximum atomic E-state index is 13.8. The third kappa shape index (κ3) is 3.73. The molecule has 3 amide bonds. The highest BCUT2D eigenvalue weighted by Gasteiger charge is 2.74. The number of hydrogen-bond donors (Lipinski definition) is 2. The van der Waals surface area contributed by atoms with E-state index in [0.717, 1.165) is 44.3 Å². The van der Waals surface area contributed by atoms with E-state index in [4.69, 9.17) is 9.47 Å². The number of rotatable bonds is 7.